The normalized spacial score (nSPS) is 14.9. The minimum atomic E-state index is -0.125. The summed E-state index contributed by atoms with van der Waals surface area (Å²) in [6.07, 6.45) is 3.77. The second kappa shape index (κ2) is 7.59. The lowest BCUT2D eigenvalue weighted by Crippen LogP contribution is -2.37. The molecule has 114 valence electrons. The van der Waals surface area contributed by atoms with Crippen molar-refractivity contribution in [2.45, 2.75) is 32.6 Å². The van der Waals surface area contributed by atoms with E-state index in [9.17, 15) is 9.59 Å². The van der Waals surface area contributed by atoms with Gasteiger partial charge in [-0.15, -0.1) is 0 Å². The van der Waals surface area contributed by atoms with Gasteiger partial charge in [0, 0.05) is 36.1 Å². The Kier molecular flexibility index (Phi) is 5.79. The van der Waals surface area contributed by atoms with Crippen molar-refractivity contribution in [3.05, 3.63) is 33.8 Å². The van der Waals surface area contributed by atoms with Crippen molar-refractivity contribution in [1.82, 2.24) is 10.2 Å². The summed E-state index contributed by atoms with van der Waals surface area (Å²) in [5.41, 5.74) is 1.58. The summed E-state index contributed by atoms with van der Waals surface area (Å²) in [5.74, 6) is 0.0150. The maximum Gasteiger partial charge on any atom is 0.251 e. The van der Waals surface area contributed by atoms with E-state index in [-0.39, 0.29) is 11.8 Å². The average Bonchev–Trinajstić information content (AvgIpc) is 2.50. The summed E-state index contributed by atoms with van der Waals surface area (Å²) in [5, 5.41) is 2.83. The number of amides is 2. The maximum atomic E-state index is 12.1. The third-order valence-electron chi connectivity index (χ3n) is 3.78. The Balaban J connectivity index is 1.81. The van der Waals surface area contributed by atoms with Gasteiger partial charge in [-0.3, -0.25) is 9.59 Å². The van der Waals surface area contributed by atoms with Crippen LogP contribution in [0.4, 0.5) is 0 Å². The topological polar surface area (TPSA) is 49.4 Å². The average molecular weight is 353 g/mol. The number of carbonyl (C=O) groups is 2. The number of piperidine rings is 1. The third-order valence-corrected chi connectivity index (χ3v) is 4.27. The molecule has 0 atom stereocenters. The molecule has 0 radical (unpaired) electrons. The zero-order valence-corrected chi connectivity index (χ0v) is 13.9. The van der Waals surface area contributed by atoms with E-state index in [0.29, 0.717) is 18.5 Å². The molecule has 1 saturated heterocycles. The number of aryl methyl sites for hydroxylation is 1. The van der Waals surface area contributed by atoms with Crippen molar-refractivity contribution in [3.8, 4) is 0 Å². The summed E-state index contributed by atoms with van der Waals surface area (Å²) < 4.78 is 0.877. The largest absolute Gasteiger partial charge is 0.352 e. The van der Waals surface area contributed by atoms with E-state index in [2.05, 4.69) is 21.2 Å². The molecule has 2 amide bonds. The molecule has 0 unspecified atom stereocenters. The number of hydrogen-bond donors (Lipinski definition) is 1. The van der Waals surface area contributed by atoms with Crippen molar-refractivity contribution >= 4 is 27.7 Å². The molecule has 1 fully saturated rings. The molecule has 1 aliphatic rings. The number of nitrogens with one attached hydrogen (secondary N) is 1. The van der Waals surface area contributed by atoms with E-state index in [1.807, 2.05) is 24.0 Å². The Hall–Kier alpha value is -1.36. The van der Waals surface area contributed by atoms with E-state index in [1.54, 1.807) is 6.07 Å². The highest BCUT2D eigenvalue weighted by Crippen LogP contribution is 2.16. The highest BCUT2D eigenvalue weighted by Gasteiger charge is 2.16. The summed E-state index contributed by atoms with van der Waals surface area (Å²) in [6.45, 7) is 4.01. The van der Waals surface area contributed by atoms with Crippen LogP contribution in [0.15, 0.2) is 22.7 Å². The van der Waals surface area contributed by atoms with Crippen molar-refractivity contribution in [3.63, 3.8) is 0 Å². The Bertz CT molecular complexity index is 525. The molecule has 0 bridgehead atoms. The fourth-order valence-corrected chi connectivity index (χ4v) is 2.88. The standard InChI is InChI=1S/C16H21BrN2O2/c1-12-5-6-13(17)11-14(12)16(21)18-8-7-15(20)19-9-3-2-4-10-19/h5-6,11H,2-4,7-10H2,1H3,(H,18,21). The summed E-state index contributed by atoms with van der Waals surface area (Å²) in [6, 6.07) is 5.61. The second-order valence-electron chi connectivity index (χ2n) is 5.41. The van der Waals surface area contributed by atoms with E-state index in [1.165, 1.54) is 6.42 Å². The molecular formula is C16H21BrN2O2. The second-order valence-corrected chi connectivity index (χ2v) is 6.32. The fraction of sp³-hybridized carbons (Fsp3) is 0.500. The van der Waals surface area contributed by atoms with Crippen LogP contribution in [0.2, 0.25) is 0 Å². The number of nitrogens with zero attached hydrogens (tertiary/aromatic N) is 1. The van der Waals surface area contributed by atoms with Gasteiger partial charge in [0.25, 0.3) is 5.91 Å². The van der Waals surface area contributed by atoms with Crippen LogP contribution in [0, 0.1) is 6.92 Å². The summed E-state index contributed by atoms with van der Waals surface area (Å²) in [4.78, 5) is 26.0. The van der Waals surface area contributed by atoms with Crippen LogP contribution >= 0.6 is 15.9 Å². The lowest BCUT2D eigenvalue weighted by Gasteiger charge is -2.26. The molecule has 2 rings (SSSR count). The first-order valence-corrected chi connectivity index (χ1v) is 8.19. The number of carbonyl (C=O) groups excluding carboxylic acids is 2. The SMILES string of the molecule is Cc1ccc(Br)cc1C(=O)NCCC(=O)N1CCCCC1. The lowest BCUT2D eigenvalue weighted by molar-refractivity contribution is -0.131. The molecule has 4 nitrogen and oxygen atoms in total. The number of rotatable bonds is 4. The van der Waals surface area contributed by atoms with Gasteiger partial charge < -0.3 is 10.2 Å². The third kappa shape index (κ3) is 4.56. The van der Waals surface area contributed by atoms with Gasteiger partial charge in [0.05, 0.1) is 0 Å². The summed E-state index contributed by atoms with van der Waals surface area (Å²) in [7, 11) is 0. The first kappa shape index (κ1) is 16.0. The first-order valence-electron chi connectivity index (χ1n) is 7.40. The fourth-order valence-electron chi connectivity index (χ4n) is 2.52. The van der Waals surface area contributed by atoms with Crippen LogP contribution in [0.25, 0.3) is 0 Å². The van der Waals surface area contributed by atoms with E-state index in [4.69, 9.17) is 0 Å². The maximum absolute atomic E-state index is 12.1. The van der Waals surface area contributed by atoms with Crippen molar-refractivity contribution < 1.29 is 9.59 Å². The van der Waals surface area contributed by atoms with E-state index < -0.39 is 0 Å². The molecule has 1 heterocycles. The lowest BCUT2D eigenvalue weighted by atomic mass is 10.1. The van der Waals surface area contributed by atoms with Crippen LogP contribution in [-0.4, -0.2) is 36.3 Å². The van der Waals surface area contributed by atoms with E-state index in [0.717, 1.165) is 36.0 Å². The highest BCUT2D eigenvalue weighted by atomic mass is 79.9. The molecule has 1 aliphatic heterocycles. The molecule has 1 aromatic carbocycles. The molecule has 1 N–H and O–H groups in total. The number of likely N-dealkylation sites (tertiary alicyclic amines) is 1. The van der Waals surface area contributed by atoms with Gasteiger partial charge in [-0.1, -0.05) is 22.0 Å². The molecule has 0 aliphatic carbocycles. The van der Waals surface area contributed by atoms with E-state index >= 15 is 0 Å². The number of hydrogen-bond acceptors (Lipinski definition) is 2. The van der Waals surface area contributed by atoms with Gasteiger partial charge in [-0.2, -0.15) is 0 Å². The van der Waals surface area contributed by atoms with Gasteiger partial charge in [0.15, 0.2) is 0 Å². The Morgan fingerprint density at radius 3 is 2.67 bits per heavy atom. The van der Waals surface area contributed by atoms with Crippen LogP contribution in [0.3, 0.4) is 0 Å². The van der Waals surface area contributed by atoms with Crippen LogP contribution in [0.1, 0.15) is 41.6 Å². The first-order chi connectivity index (χ1) is 10.1. The Morgan fingerprint density at radius 1 is 1.24 bits per heavy atom. The zero-order chi connectivity index (χ0) is 15.2. The Morgan fingerprint density at radius 2 is 1.95 bits per heavy atom. The quantitative estimate of drug-likeness (QED) is 0.905. The van der Waals surface area contributed by atoms with Gasteiger partial charge in [0.2, 0.25) is 5.91 Å². The molecule has 1 aromatic rings. The number of halogens is 1. The molecular weight excluding hydrogens is 332 g/mol. The highest BCUT2D eigenvalue weighted by molar-refractivity contribution is 9.10. The molecule has 5 heteroatoms. The van der Waals surface area contributed by atoms with Gasteiger partial charge in [0.1, 0.15) is 0 Å². The zero-order valence-electron chi connectivity index (χ0n) is 12.3. The van der Waals surface area contributed by atoms with Crippen LogP contribution in [0.5, 0.6) is 0 Å². The van der Waals surface area contributed by atoms with Gasteiger partial charge in [-0.05, 0) is 43.9 Å². The van der Waals surface area contributed by atoms with Gasteiger partial charge in [-0.25, -0.2) is 0 Å². The van der Waals surface area contributed by atoms with Crippen molar-refractivity contribution in [2.24, 2.45) is 0 Å². The van der Waals surface area contributed by atoms with Crippen LogP contribution in [-0.2, 0) is 4.79 Å². The minimum absolute atomic E-state index is 0.125. The minimum Gasteiger partial charge on any atom is -0.352 e. The molecule has 0 spiro atoms. The van der Waals surface area contributed by atoms with Crippen molar-refractivity contribution in [2.75, 3.05) is 19.6 Å². The summed E-state index contributed by atoms with van der Waals surface area (Å²) >= 11 is 3.37. The molecule has 0 aromatic heterocycles. The smallest absolute Gasteiger partial charge is 0.251 e. The monoisotopic (exact) mass is 352 g/mol. The van der Waals surface area contributed by atoms with Gasteiger partial charge >= 0.3 is 0 Å². The van der Waals surface area contributed by atoms with Crippen molar-refractivity contribution in [1.29, 1.82) is 0 Å². The predicted molar refractivity (Wildman–Crippen MR) is 86.3 cm³/mol. The molecule has 0 saturated carbocycles. The Labute approximate surface area is 134 Å². The number of benzene rings is 1. The molecule has 21 heavy (non-hydrogen) atoms. The predicted octanol–water partition coefficient (Wildman–Crippen LogP) is 2.89. The van der Waals surface area contributed by atoms with Crippen LogP contribution < -0.4 is 5.32 Å².